The molecule has 1 aromatic heterocycles. The van der Waals surface area contributed by atoms with Crippen LogP contribution in [0.15, 0.2) is 12.1 Å². The van der Waals surface area contributed by atoms with E-state index in [2.05, 4.69) is 5.32 Å². The van der Waals surface area contributed by atoms with Gasteiger partial charge in [0.05, 0.1) is 24.4 Å². The summed E-state index contributed by atoms with van der Waals surface area (Å²) in [5.41, 5.74) is 0. The molecule has 0 radical (unpaired) electrons. The van der Waals surface area contributed by atoms with Crippen LogP contribution < -0.4 is 5.32 Å². The summed E-state index contributed by atoms with van der Waals surface area (Å²) in [6.45, 7) is 2.95. The highest BCUT2D eigenvalue weighted by molar-refractivity contribution is 7.13. The summed E-state index contributed by atoms with van der Waals surface area (Å²) >= 11 is 1.40. The topological polar surface area (TPSA) is 75.7 Å². The number of methoxy groups -OCH3 is 1. The van der Waals surface area contributed by atoms with Gasteiger partial charge in [0.15, 0.2) is 0 Å². The molecule has 22 heavy (non-hydrogen) atoms. The molecule has 7 heteroatoms. The number of carbonyl (C=O) groups is 3. The molecule has 1 fully saturated rings. The average Bonchev–Trinajstić information content (AvgIpc) is 2.98. The van der Waals surface area contributed by atoms with Gasteiger partial charge in [0, 0.05) is 18.0 Å². The van der Waals surface area contributed by atoms with E-state index in [0.29, 0.717) is 30.8 Å². The maximum Gasteiger partial charge on any atom is 0.308 e. The molecule has 0 bridgehead atoms. The quantitative estimate of drug-likeness (QED) is 0.845. The van der Waals surface area contributed by atoms with Crippen molar-refractivity contribution in [3.05, 3.63) is 21.9 Å². The van der Waals surface area contributed by atoms with Crippen molar-refractivity contribution < 1.29 is 19.1 Å². The zero-order valence-corrected chi connectivity index (χ0v) is 13.6. The van der Waals surface area contributed by atoms with Crippen LogP contribution >= 0.6 is 11.3 Å². The van der Waals surface area contributed by atoms with E-state index in [1.165, 1.54) is 18.4 Å². The fourth-order valence-corrected chi connectivity index (χ4v) is 3.23. The van der Waals surface area contributed by atoms with Gasteiger partial charge >= 0.3 is 5.97 Å². The third-order valence-electron chi connectivity index (χ3n) is 3.75. The fourth-order valence-electron chi connectivity index (χ4n) is 2.44. The van der Waals surface area contributed by atoms with Gasteiger partial charge < -0.3 is 15.0 Å². The third kappa shape index (κ3) is 4.07. The van der Waals surface area contributed by atoms with Crippen molar-refractivity contribution in [1.82, 2.24) is 10.2 Å². The Kier molecular flexibility index (Phi) is 5.54. The van der Waals surface area contributed by atoms with Crippen LogP contribution in [-0.2, 0) is 14.3 Å². The number of hydrogen-bond donors (Lipinski definition) is 1. The van der Waals surface area contributed by atoms with Crippen LogP contribution in [0.5, 0.6) is 0 Å². The van der Waals surface area contributed by atoms with Crippen molar-refractivity contribution in [1.29, 1.82) is 0 Å². The molecule has 0 saturated carbocycles. The third-order valence-corrected chi connectivity index (χ3v) is 4.75. The lowest BCUT2D eigenvalue weighted by Gasteiger charge is -2.30. The van der Waals surface area contributed by atoms with E-state index < -0.39 is 0 Å². The number of piperidine rings is 1. The Morgan fingerprint density at radius 3 is 2.55 bits per heavy atom. The minimum atomic E-state index is -0.226. The smallest absolute Gasteiger partial charge is 0.308 e. The van der Waals surface area contributed by atoms with Crippen LogP contribution in [-0.4, -0.2) is 49.4 Å². The second-order valence-corrected chi connectivity index (χ2v) is 6.56. The van der Waals surface area contributed by atoms with Crippen LogP contribution in [0.2, 0.25) is 0 Å². The van der Waals surface area contributed by atoms with Crippen LogP contribution in [0.3, 0.4) is 0 Å². The molecule has 1 saturated heterocycles. The summed E-state index contributed by atoms with van der Waals surface area (Å²) in [6.07, 6.45) is 1.22. The fraction of sp³-hybridized carbons (Fsp3) is 0.533. The van der Waals surface area contributed by atoms with E-state index in [9.17, 15) is 14.4 Å². The van der Waals surface area contributed by atoms with Gasteiger partial charge in [-0.15, -0.1) is 11.3 Å². The largest absolute Gasteiger partial charge is 0.469 e. The molecule has 1 aromatic rings. The maximum atomic E-state index is 12.1. The summed E-state index contributed by atoms with van der Waals surface area (Å²) in [5, 5.41) is 2.64. The van der Waals surface area contributed by atoms with Gasteiger partial charge in [-0.3, -0.25) is 14.4 Å². The molecular weight excluding hydrogens is 304 g/mol. The molecule has 120 valence electrons. The molecule has 2 rings (SSSR count). The van der Waals surface area contributed by atoms with Crippen molar-refractivity contribution in [3.63, 3.8) is 0 Å². The minimum absolute atomic E-state index is 0.0152. The van der Waals surface area contributed by atoms with Crippen LogP contribution in [0.4, 0.5) is 0 Å². The van der Waals surface area contributed by atoms with Gasteiger partial charge in [-0.25, -0.2) is 0 Å². The number of amides is 2. The molecule has 0 spiro atoms. The second-order valence-electron chi connectivity index (χ2n) is 5.27. The number of nitrogens with zero attached hydrogens (tertiary/aromatic N) is 1. The van der Waals surface area contributed by atoms with Gasteiger partial charge in [-0.1, -0.05) is 0 Å². The normalized spacial score (nSPS) is 15.5. The lowest BCUT2D eigenvalue weighted by molar-refractivity contribution is -0.148. The Labute approximate surface area is 133 Å². The molecule has 1 aliphatic heterocycles. The molecule has 0 atom stereocenters. The number of carbonyl (C=O) groups excluding carboxylic acids is 3. The van der Waals surface area contributed by atoms with Crippen molar-refractivity contribution in [2.45, 2.75) is 19.8 Å². The predicted octanol–water partition coefficient (Wildman–Crippen LogP) is 1.20. The Hall–Kier alpha value is -1.89. The van der Waals surface area contributed by atoms with E-state index in [4.69, 9.17) is 4.74 Å². The molecule has 1 aliphatic rings. The second kappa shape index (κ2) is 7.40. The summed E-state index contributed by atoms with van der Waals surface area (Å²) in [5.74, 6) is -0.688. The Balaban J connectivity index is 1.76. The molecule has 0 unspecified atom stereocenters. The van der Waals surface area contributed by atoms with Gasteiger partial charge in [-0.05, 0) is 31.9 Å². The molecule has 2 heterocycles. The molecule has 6 nitrogen and oxygen atoms in total. The Bertz CT molecular complexity index is 562. The van der Waals surface area contributed by atoms with E-state index in [1.807, 2.05) is 13.0 Å². The highest BCUT2D eigenvalue weighted by Gasteiger charge is 2.27. The van der Waals surface area contributed by atoms with Crippen molar-refractivity contribution in [2.24, 2.45) is 5.92 Å². The Morgan fingerprint density at radius 1 is 1.32 bits per heavy atom. The van der Waals surface area contributed by atoms with Crippen molar-refractivity contribution in [3.8, 4) is 0 Å². The number of hydrogen-bond acceptors (Lipinski definition) is 5. The number of ether oxygens (including phenoxy) is 1. The zero-order chi connectivity index (χ0) is 16.1. The monoisotopic (exact) mass is 324 g/mol. The Morgan fingerprint density at radius 2 is 2.00 bits per heavy atom. The van der Waals surface area contributed by atoms with Gasteiger partial charge in [0.2, 0.25) is 5.91 Å². The van der Waals surface area contributed by atoms with E-state index in [0.717, 1.165) is 4.88 Å². The van der Waals surface area contributed by atoms with E-state index >= 15 is 0 Å². The highest BCUT2D eigenvalue weighted by Crippen LogP contribution is 2.18. The number of thiophene rings is 1. The summed E-state index contributed by atoms with van der Waals surface area (Å²) < 4.78 is 4.72. The van der Waals surface area contributed by atoms with E-state index in [1.54, 1.807) is 11.0 Å². The first-order valence-electron chi connectivity index (χ1n) is 7.21. The first-order chi connectivity index (χ1) is 10.5. The maximum absolute atomic E-state index is 12.1. The van der Waals surface area contributed by atoms with Crippen LogP contribution in [0.1, 0.15) is 27.4 Å². The first-order valence-corrected chi connectivity index (χ1v) is 8.03. The molecule has 0 aliphatic carbocycles. The van der Waals surface area contributed by atoms with Crippen molar-refractivity contribution >= 4 is 29.1 Å². The lowest BCUT2D eigenvalue weighted by Crippen LogP contribution is -2.45. The lowest BCUT2D eigenvalue weighted by atomic mass is 9.97. The highest BCUT2D eigenvalue weighted by atomic mass is 32.1. The SMILES string of the molecule is COC(=O)C1CCN(C(=O)CNC(=O)c2ccc(C)s2)CC1. The summed E-state index contributed by atoms with van der Waals surface area (Å²) in [6, 6.07) is 3.63. The van der Waals surface area contributed by atoms with Crippen LogP contribution in [0.25, 0.3) is 0 Å². The van der Waals surface area contributed by atoms with Crippen LogP contribution in [0, 0.1) is 12.8 Å². The number of rotatable bonds is 4. The number of aryl methyl sites for hydroxylation is 1. The summed E-state index contributed by atoms with van der Waals surface area (Å²) in [4.78, 5) is 38.8. The zero-order valence-electron chi connectivity index (χ0n) is 12.8. The average molecular weight is 324 g/mol. The minimum Gasteiger partial charge on any atom is -0.469 e. The van der Waals surface area contributed by atoms with Gasteiger partial charge in [0.1, 0.15) is 0 Å². The predicted molar refractivity (Wildman–Crippen MR) is 82.7 cm³/mol. The van der Waals surface area contributed by atoms with Gasteiger partial charge in [-0.2, -0.15) is 0 Å². The molecule has 0 aromatic carbocycles. The summed E-state index contributed by atoms with van der Waals surface area (Å²) in [7, 11) is 1.38. The molecular formula is C15H20N2O4S. The van der Waals surface area contributed by atoms with Crippen molar-refractivity contribution in [2.75, 3.05) is 26.7 Å². The first kappa shape index (κ1) is 16.5. The number of esters is 1. The van der Waals surface area contributed by atoms with E-state index in [-0.39, 0.29) is 30.2 Å². The molecule has 2 amide bonds. The number of nitrogens with one attached hydrogen (secondary N) is 1. The standard InChI is InChI=1S/C15H20N2O4S/c1-10-3-4-12(22-10)14(19)16-9-13(18)17-7-5-11(6-8-17)15(20)21-2/h3-4,11H,5-9H2,1-2H3,(H,16,19). The molecule has 1 N–H and O–H groups in total. The van der Waals surface area contributed by atoms with Gasteiger partial charge in [0.25, 0.3) is 5.91 Å². The number of likely N-dealkylation sites (tertiary alicyclic amines) is 1.